The van der Waals surface area contributed by atoms with Crippen molar-refractivity contribution in [2.75, 3.05) is 19.8 Å². The summed E-state index contributed by atoms with van der Waals surface area (Å²) in [6, 6.07) is -1.86. The van der Waals surface area contributed by atoms with Crippen molar-refractivity contribution in [1.29, 1.82) is 0 Å². The highest BCUT2D eigenvalue weighted by Gasteiger charge is 2.29. The maximum absolute atomic E-state index is 12.4. The molecule has 0 bridgehead atoms. The standard InChI is InChI=1S/C16H29N3O6/c1-5-24-13(21)8-7-11(16(23)25-6-2)18-15(22)14(10(3)4)19-12(20)9-17/h10-11,14H,5-9,17H2,1-4H3,(H,18,22)(H,19,20)/t11-,14+/m1/s1. The Morgan fingerprint density at radius 2 is 1.60 bits per heavy atom. The quantitative estimate of drug-likeness (QED) is 0.422. The van der Waals surface area contributed by atoms with E-state index in [-0.39, 0.29) is 38.5 Å². The molecule has 0 aromatic heterocycles. The summed E-state index contributed by atoms with van der Waals surface area (Å²) in [4.78, 5) is 47.4. The van der Waals surface area contributed by atoms with Crippen molar-refractivity contribution in [3.8, 4) is 0 Å². The molecule has 0 saturated heterocycles. The highest BCUT2D eigenvalue weighted by atomic mass is 16.5. The van der Waals surface area contributed by atoms with E-state index in [1.165, 1.54) is 0 Å². The van der Waals surface area contributed by atoms with Gasteiger partial charge in [0.1, 0.15) is 12.1 Å². The molecule has 9 heteroatoms. The van der Waals surface area contributed by atoms with Crippen molar-refractivity contribution in [3.05, 3.63) is 0 Å². The molecule has 25 heavy (non-hydrogen) atoms. The van der Waals surface area contributed by atoms with Crippen LogP contribution in [0, 0.1) is 5.92 Å². The van der Waals surface area contributed by atoms with Gasteiger partial charge in [-0.05, 0) is 26.2 Å². The number of nitrogens with one attached hydrogen (secondary N) is 2. The number of rotatable bonds is 11. The molecule has 0 heterocycles. The second kappa shape index (κ2) is 12.2. The van der Waals surface area contributed by atoms with Crippen LogP contribution in [-0.2, 0) is 28.7 Å². The van der Waals surface area contributed by atoms with E-state index in [1.54, 1.807) is 27.7 Å². The minimum absolute atomic E-state index is 0.0407. The van der Waals surface area contributed by atoms with E-state index >= 15 is 0 Å². The summed E-state index contributed by atoms with van der Waals surface area (Å²) < 4.78 is 9.74. The van der Waals surface area contributed by atoms with Gasteiger partial charge in [0.15, 0.2) is 0 Å². The van der Waals surface area contributed by atoms with Crippen molar-refractivity contribution in [2.45, 2.75) is 52.6 Å². The van der Waals surface area contributed by atoms with Gasteiger partial charge < -0.3 is 25.8 Å². The number of carbonyl (C=O) groups excluding carboxylic acids is 4. The molecule has 0 radical (unpaired) electrons. The molecule has 4 N–H and O–H groups in total. The van der Waals surface area contributed by atoms with Crippen LogP contribution in [0.2, 0.25) is 0 Å². The molecule has 0 saturated carbocycles. The zero-order chi connectivity index (χ0) is 19.4. The van der Waals surface area contributed by atoms with Gasteiger partial charge in [0.25, 0.3) is 0 Å². The van der Waals surface area contributed by atoms with Crippen LogP contribution < -0.4 is 16.4 Å². The van der Waals surface area contributed by atoms with Gasteiger partial charge in [-0.1, -0.05) is 13.8 Å². The van der Waals surface area contributed by atoms with Crippen LogP contribution in [0.15, 0.2) is 0 Å². The summed E-state index contributed by atoms with van der Waals surface area (Å²) >= 11 is 0. The monoisotopic (exact) mass is 359 g/mol. The number of nitrogens with two attached hydrogens (primary N) is 1. The summed E-state index contributed by atoms with van der Waals surface area (Å²) in [5.74, 6) is -2.36. The van der Waals surface area contributed by atoms with Crippen LogP contribution in [-0.4, -0.2) is 55.6 Å². The van der Waals surface area contributed by atoms with Gasteiger partial charge in [-0.25, -0.2) is 4.79 Å². The molecule has 144 valence electrons. The van der Waals surface area contributed by atoms with Crippen molar-refractivity contribution in [1.82, 2.24) is 10.6 Å². The predicted octanol–water partition coefficient (Wildman–Crippen LogP) is -0.523. The first-order chi connectivity index (χ1) is 11.8. The topological polar surface area (TPSA) is 137 Å². The van der Waals surface area contributed by atoms with Gasteiger partial charge in [0.2, 0.25) is 11.8 Å². The van der Waals surface area contributed by atoms with Gasteiger partial charge in [-0.3, -0.25) is 14.4 Å². The Bertz CT molecular complexity index is 467. The fourth-order valence-corrected chi connectivity index (χ4v) is 2.02. The summed E-state index contributed by atoms with van der Waals surface area (Å²) in [5.41, 5.74) is 5.25. The summed E-state index contributed by atoms with van der Waals surface area (Å²) in [5, 5.41) is 5.04. The van der Waals surface area contributed by atoms with Crippen molar-refractivity contribution < 1.29 is 28.7 Å². The van der Waals surface area contributed by atoms with Crippen LogP contribution in [0.4, 0.5) is 0 Å². The number of hydrogen-bond donors (Lipinski definition) is 3. The lowest BCUT2D eigenvalue weighted by molar-refractivity contribution is -0.149. The third-order valence-electron chi connectivity index (χ3n) is 3.28. The van der Waals surface area contributed by atoms with Gasteiger partial charge in [-0.2, -0.15) is 0 Å². The molecule has 9 nitrogen and oxygen atoms in total. The van der Waals surface area contributed by atoms with E-state index in [9.17, 15) is 19.2 Å². The van der Waals surface area contributed by atoms with Crippen molar-refractivity contribution >= 4 is 23.8 Å². The molecule has 0 aromatic rings. The maximum Gasteiger partial charge on any atom is 0.328 e. The van der Waals surface area contributed by atoms with Crippen LogP contribution >= 0.6 is 0 Å². The Morgan fingerprint density at radius 3 is 2.08 bits per heavy atom. The molecule has 0 rings (SSSR count). The van der Waals surface area contributed by atoms with E-state index in [4.69, 9.17) is 15.2 Å². The molecule has 0 unspecified atom stereocenters. The normalized spacial score (nSPS) is 12.9. The molecule has 0 aliphatic rings. The summed E-state index contributed by atoms with van der Waals surface area (Å²) in [6.45, 7) is 6.94. The zero-order valence-electron chi connectivity index (χ0n) is 15.3. The molecular weight excluding hydrogens is 330 g/mol. The first-order valence-electron chi connectivity index (χ1n) is 8.38. The minimum atomic E-state index is -1.01. The Hall–Kier alpha value is -2.16. The molecule has 0 aliphatic heterocycles. The van der Waals surface area contributed by atoms with E-state index in [0.717, 1.165) is 0 Å². The first-order valence-corrected chi connectivity index (χ1v) is 8.38. The van der Waals surface area contributed by atoms with Crippen LogP contribution in [0.25, 0.3) is 0 Å². The fourth-order valence-electron chi connectivity index (χ4n) is 2.02. The lowest BCUT2D eigenvalue weighted by Crippen LogP contribution is -2.54. The van der Waals surface area contributed by atoms with Crippen molar-refractivity contribution in [2.24, 2.45) is 11.7 Å². The van der Waals surface area contributed by atoms with Gasteiger partial charge in [0.05, 0.1) is 19.8 Å². The Labute approximate surface area is 148 Å². The number of esters is 2. The maximum atomic E-state index is 12.4. The van der Waals surface area contributed by atoms with Gasteiger partial charge in [-0.15, -0.1) is 0 Å². The predicted molar refractivity (Wildman–Crippen MR) is 90.3 cm³/mol. The third kappa shape index (κ3) is 9.04. The summed E-state index contributed by atoms with van der Waals surface area (Å²) in [7, 11) is 0. The van der Waals surface area contributed by atoms with Crippen LogP contribution in [0.5, 0.6) is 0 Å². The highest BCUT2D eigenvalue weighted by molar-refractivity contribution is 5.91. The van der Waals surface area contributed by atoms with Gasteiger partial charge >= 0.3 is 11.9 Å². The summed E-state index contributed by atoms with van der Waals surface area (Å²) in [6.07, 6.45) is -0.00182. The Balaban J connectivity index is 4.99. The van der Waals surface area contributed by atoms with E-state index in [1.807, 2.05) is 0 Å². The highest BCUT2D eigenvalue weighted by Crippen LogP contribution is 2.06. The van der Waals surface area contributed by atoms with E-state index in [2.05, 4.69) is 10.6 Å². The zero-order valence-corrected chi connectivity index (χ0v) is 15.3. The molecule has 0 spiro atoms. The minimum Gasteiger partial charge on any atom is -0.466 e. The largest absolute Gasteiger partial charge is 0.466 e. The Morgan fingerprint density at radius 1 is 1.00 bits per heavy atom. The second-order valence-electron chi connectivity index (χ2n) is 5.65. The van der Waals surface area contributed by atoms with Crippen LogP contribution in [0.1, 0.15) is 40.5 Å². The van der Waals surface area contributed by atoms with Crippen molar-refractivity contribution in [3.63, 3.8) is 0 Å². The molecule has 0 fully saturated rings. The molecule has 2 amide bonds. The number of ether oxygens (including phenoxy) is 2. The average molecular weight is 359 g/mol. The number of hydrogen-bond acceptors (Lipinski definition) is 7. The average Bonchev–Trinajstić information content (AvgIpc) is 2.55. The number of carbonyl (C=O) groups is 4. The third-order valence-corrected chi connectivity index (χ3v) is 3.28. The smallest absolute Gasteiger partial charge is 0.328 e. The lowest BCUT2D eigenvalue weighted by atomic mass is 10.0. The molecule has 2 atom stereocenters. The van der Waals surface area contributed by atoms with E-state index < -0.39 is 35.8 Å². The number of amides is 2. The Kier molecular flexibility index (Phi) is 11.2. The SMILES string of the molecule is CCOC(=O)CC[C@@H](NC(=O)[C@@H](NC(=O)CN)C(C)C)C(=O)OCC. The van der Waals surface area contributed by atoms with Crippen LogP contribution in [0.3, 0.4) is 0 Å². The lowest BCUT2D eigenvalue weighted by Gasteiger charge is -2.24. The van der Waals surface area contributed by atoms with Gasteiger partial charge in [0, 0.05) is 6.42 Å². The molecule has 0 aliphatic carbocycles. The fraction of sp³-hybridized carbons (Fsp3) is 0.750. The van der Waals surface area contributed by atoms with E-state index in [0.29, 0.717) is 0 Å². The first kappa shape index (κ1) is 22.8. The molecular formula is C16H29N3O6. The second-order valence-corrected chi connectivity index (χ2v) is 5.65. The molecule has 0 aromatic carbocycles.